The molecule has 7 nitrogen and oxygen atoms in total. The Kier molecular flexibility index (Phi) is 4.97. The highest BCUT2D eigenvalue weighted by atomic mass is 32.2. The van der Waals surface area contributed by atoms with Crippen molar-refractivity contribution in [3.63, 3.8) is 0 Å². The van der Waals surface area contributed by atoms with Gasteiger partial charge >= 0.3 is 16.0 Å². The Morgan fingerprint density at radius 1 is 1.13 bits per heavy atom. The van der Waals surface area contributed by atoms with Crippen LogP contribution in [0, 0.1) is 0 Å². The molecule has 0 saturated carbocycles. The van der Waals surface area contributed by atoms with Gasteiger partial charge in [-0.25, -0.2) is 0 Å². The number of sulfonamides is 1. The van der Waals surface area contributed by atoms with E-state index in [0.29, 0.717) is 11.4 Å². The van der Waals surface area contributed by atoms with Crippen molar-refractivity contribution in [2.24, 2.45) is 16.5 Å². The first-order valence-corrected chi connectivity index (χ1v) is 8.08. The van der Waals surface area contributed by atoms with Crippen molar-refractivity contribution >= 4 is 27.9 Å². The summed E-state index contributed by atoms with van der Waals surface area (Å²) in [6, 6.07) is 13.4. The normalized spacial score (nSPS) is 11.3. The molecule has 0 radical (unpaired) electrons. The molecule has 2 aromatic rings. The highest BCUT2D eigenvalue weighted by Crippen LogP contribution is 2.18. The average Bonchev–Trinajstić information content (AvgIpc) is 2.52. The lowest BCUT2D eigenvalue weighted by atomic mass is 10.2. The summed E-state index contributed by atoms with van der Waals surface area (Å²) in [5.74, 6) is 0.317. The lowest BCUT2D eigenvalue weighted by Crippen LogP contribution is -2.80. The predicted molar refractivity (Wildman–Crippen MR) is 88.2 cm³/mol. The number of rotatable bonds is 5. The second kappa shape index (κ2) is 6.93. The van der Waals surface area contributed by atoms with Gasteiger partial charge in [0.25, 0.3) is 0 Å². The summed E-state index contributed by atoms with van der Waals surface area (Å²) < 4.78 is 31.0. The monoisotopic (exact) mass is 333 g/mol. The summed E-state index contributed by atoms with van der Waals surface area (Å²) in [6.07, 6.45) is 1.65. The van der Waals surface area contributed by atoms with Crippen LogP contribution in [0.1, 0.15) is 5.56 Å². The Balaban J connectivity index is 2.24. The molecule has 2 aromatic carbocycles. The number of nitrogens with two attached hydrogens (primary N) is 2. The minimum atomic E-state index is -3.76. The van der Waals surface area contributed by atoms with Crippen LogP contribution in [0.15, 0.2) is 58.4 Å². The van der Waals surface area contributed by atoms with Gasteiger partial charge in [-0.05, 0) is 36.4 Å². The molecule has 0 atom stereocenters. The van der Waals surface area contributed by atoms with E-state index in [9.17, 15) is 8.42 Å². The van der Waals surface area contributed by atoms with E-state index in [1.165, 1.54) is 12.1 Å². The average molecular weight is 333 g/mol. The van der Waals surface area contributed by atoms with Crippen LogP contribution in [-0.2, 0) is 10.0 Å². The number of hydrogen-bond donors (Lipinski definition) is 3. The minimum Gasteiger partial charge on any atom is -0.496 e. The largest absolute Gasteiger partial charge is 0.496 e. The maximum atomic E-state index is 11.9. The molecule has 0 aliphatic carbocycles. The Hall–Kier alpha value is -2.87. The molecule has 0 spiro atoms. The first-order valence-electron chi connectivity index (χ1n) is 6.60. The molecule has 0 fully saturated rings. The highest BCUT2D eigenvalue weighted by molar-refractivity contribution is 7.84. The van der Waals surface area contributed by atoms with E-state index < -0.39 is 10.0 Å². The van der Waals surface area contributed by atoms with Crippen molar-refractivity contribution in [3.05, 3.63) is 54.1 Å². The van der Waals surface area contributed by atoms with Gasteiger partial charge in [0.15, 0.2) is 0 Å². The Bertz CT molecular complexity index is 839. The minimum absolute atomic E-state index is 0.0436. The van der Waals surface area contributed by atoms with Crippen LogP contribution < -0.4 is 20.6 Å². The topological polar surface area (TPSA) is 122 Å². The number of nitrogens with zero attached hydrogens (tertiary/aromatic N) is 1. The van der Waals surface area contributed by atoms with Crippen LogP contribution in [0.5, 0.6) is 5.75 Å². The summed E-state index contributed by atoms with van der Waals surface area (Å²) in [4.78, 5) is 4.34. The Labute approximate surface area is 134 Å². The van der Waals surface area contributed by atoms with E-state index in [4.69, 9.17) is 16.2 Å². The number of benzene rings is 2. The zero-order valence-electron chi connectivity index (χ0n) is 12.4. The van der Waals surface area contributed by atoms with Crippen molar-refractivity contribution in [2.45, 2.75) is 4.90 Å². The summed E-state index contributed by atoms with van der Waals surface area (Å²) in [5.41, 5.74) is 11.7. The summed E-state index contributed by atoms with van der Waals surface area (Å²) in [5, 5.41) is 0. The van der Waals surface area contributed by atoms with Crippen molar-refractivity contribution in [1.82, 2.24) is 0 Å². The molecule has 8 heteroatoms. The molecule has 120 valence electrons. The summed E-state index contributed by atoms with van der Waals surface area (Å²) in [7, 11) is -2.18. The van der Waals surface area contributed by atoms with Gasteiger partial charge in [-0.1, -0.05) is 12.1 Å². The summed E-state index contributed by atoms with van der Waals surface area (Å²) in [6.45, 7) is 0. The molecule has 5 N–H and O–H groups in total. The van der Waals surface area contributed by atoms with E-state index >= 15 is 0 Å². The van der Waals surface area contributed by atoms with E-state index in [0.717, 1.165) is 5.56 Å². The highest BCUT2D eigenvalue weighted by Gasteiger charge is 2.14. The smallest absolute Gasteiger partial charge is 0.353 e. The van der Waals surface area contributed by atoms with Gasteiger partial charge in [0.05, 0.1) is 12.8 Å². The molecule has 0 aliphatic rings. The number of para-hydroxylation sites is 1. The molecule has 23 heavy (non-hydrogen) atoms. The number of guanidine groups is 1. The lowest BCUT2D eigenvalue weighted by Gasteiger charge is -2.03. The van der Waals surface area contributed by atoms with E-state index in [-0.39, 0.29) is 10.9 Å². The maximum Gasteiger partial charge on any atom is 0.353 e. The zero-order chi connectivity index (χ0) is 16.9. The van der Waals surface area contributed by atoms with Crippen LogP contribution in [0.4, 0.5) is 5.69 Å². The number of hydrogen-bond acceptors (Lipinski definition) is 4. The third kappa shape index (κ3) is 4.30. The molecule has 0 amide bonds. The first kappa shape index (κ1) is 16.5. The lowest BCUT2D eigenvalue weighted by molar-refractivity contribution is -0.270. The molecule has 0 saturated heterocycles. The SMILES string of the molecule is COc1ccccc1C=Nc1ccc(S(=O)(=O)[NH+]=C(N)N)cc1. The van der Waals surface area contributed by atoms with E-state index in [2.05, 4.69) is 4.99 Å². The number of ether oxygens (including phenoxy) is 1. The van der Waals surface area contributed by atoms with Crippen LogP contribution >= 0.6 is 0 Å². The number of nitrogens with one attached hydrogen (secondary N) is 1. The third-order valence-corrected chi connectivity index (χ3v) is 4.29. The molecular formula is C15H17N4O3S+. The van der Waals surface area contributed by atoms with Crippen molar-refractivity contribution < 1.29 is 17.6 Å². The summed E-state index contributed by atoms with van der Waals surface area (Å²) >= 11 is 0. The maximum absolute atomic E-state index is 11.9. The van der Waals surface area contributed by atoms with Gasteiger partial charge in [-0.15, -0.1) is 0 Å². The van der Waals surface area contributed by atoms with Crippen molar-refractivity contribution in [2.75, 3.05) is 7.11 Å². The van der Waals surface area contributed by atoms with Crippen LogP contribution in [0.25, 0.3) is 0 Å². The van der Waals surface area contributed by atoms with Gasteiger partial charge in [0.2, 0.25) is 0 Å². The molecular weight excluding hydrogens is 316 g/mol. The molecule has 0 heterocycles. The second-order valence-electron chi connectivity index (χ2n) is 4.55. The first-order chi connectivity index (χ1) is 10.9. The van der Waals surface area contributed by atoms with E-state index in [1.807, 2.05) is 28.7 Å². The Morgan fingerprint density at radius 3 is 2.39 bits per heavy atom. The third-order valence-electron chi connectivity index (χ3n) is 2.89. The number of methoxy groups -OCH3 is 1. The standard InChI is InChI=1S/C15H16N4O3S/c1-22-14-5-3-2-4-11(14)10-18-12-6-8-13(9-7-12)23(20,21)19-15(16)17/h2-10H,1H3,(H4,16,17,19)/p+1. The number of aliphatic imine (C=N–C) groups is 1. The van der Waals surface area contributed by atoms with Gasteiger partial charge < -0.3 is 4.74 Å². The zero-order valence-corrected chi connectivity index (χ0v) is 13.2. The molecule has 0 unspecified atom stereocenters. The molecule has 0 aliphatic heterocycles. The van der Waals surface area contributed by atoms with Crippen molar-refractivity contribution in [1.29, 1.82) is 0 Å². The van der Waals surface area contributed by atoms with Crippen LogP contribution in [-0.4, -0.2) is 27.7 Å². The fourth-order valence-corrected chi connectivity index (χ4v) is 2.77. The van der Waals surface area contributed by atoms with Crippen molar-refractivity contribution in [3.8, 4) is 5.75 Å². The predicted octanol–water partition coefficient (Wildman–Crippen LogP) is -0.511. The molecule has 2 rings (SSSR count). The van der Waals surface area contributed by atoms with Gasteiger partial charge in [0, 0.05) is 11.8 Å². The fraction of sp³-hybridized carbons (Fsp3) is 0.0667. The van der Waals surface area contributed by atoms with Gasteiger partial charge in [0.1, 0.15) is 10.6 Å². The fourth-order valence-electron chi connectivity index (χ4n) is 1.84. The molecule has 0 aromatic heterocycles. The Morgan fingerprint density at radius 2 is 1.78 bits per heavy atom. The van der Waals surface area contributed by atoms with Crippen LogP contribution in [0.2, 0.25) is 0 Å². The second-order valence-corrected chi connectivity index (χ2v) is 6.24. The van der Waals surface area contributed by atoms with Crippen LogP contribution in [0.3, 0.4) is 0 Å². The van der Waals surface area contributed by atoms with E-state index in [1.54, 1.807) is 25.5 Å². The molecule has 0 bridgehead atoms. The quantitative estimate of drug-likeness (QED) is 0.502. The van der Waals surface area contributed by atoms with Gasteiger partial charge in [-0.3, -0.25) is 16.5 Å². The van der Waals surface area contributed by atoms with Gasteiger partial charge in [-0.2, -0.15) is 12.8 Å².